The molecule has 1 aromatic heterocycles. The molecule has 0 radical (unpaired) electrons. The van der Waals surface area contributed by atoms with Crippen molar-refractivity contribution < 1.29 is 14.3 Å². The Morgan fingerprint density at radius 1 is 1.04 bits per heavy atom. The summed E-state index contributed by atoms with van der Waals surface area (Å²) in [6.07, 6.45) is 1.32. The lowest BCUT2D eigenvalue weighted by Crippen LogP contribution is -2.11. The first-order valence-corrected chi connectivity index (χ1v) is 7.89. The van der Waals surface area contributed by atoms with Gasteiger partial charge < -0.3 is 15.2 Å². The number of halogens is 1. The van der Waals surface area contributed by atoms with Gasteiger partial charge in [-0.25, -0.2) is 4.98 Å². The summed E-state index contributed by atoms with van der Waals surface area (Å²) in [6.45, 7) is 0.489. The molecule has 126 valence electrons. The highest BCUT2D eigenvalue weighted by Crippen LogP contribution is 2.28. The average molecular weight is 355 g/mol. The molecule has 0 atom stereocenters. The molecule has 0 saturated heterocycles. The summed E-state index contributed by atoms with van der Waals surface area (Å²) in [5.41, 5.74) is 6.50. The summed E-state index contributed by atoms with van der Waals surface area (Å²) in [5.74, 6) is 0.873. The number of amides is 1. The fraction of sp³-hybridized carbons (Fsp3) is 0.0526. The predicted molar refractivity (Wildman–Crippen MR) is 95.1 cm³/mol. The number of carbonyl (C=O) groups excluding carboxylic acids is 1. The molecule has 1 amide bonds. The Morgan fingerprint density at radius 3 is 2.36 bits per heavy atom. The zero-order valence-corrected chi connectivity index (χ0v) is 13.9. The number of primary amides is 1. The van der Waals surface area contributed by atoms with Crippen molar-refractivity contribution >= 4 is 17.5 Å². The van der Waals surface area contributed by atoms with Crippen molar-refractivity contribution in [2.45, 2.75) is 6.61 Å². The van der Waals surface area contributed by atoms with E-state index in [2.05, 4.69) is 4.98 Å². The quantitative estimate of drug-likeness (QED) is 0.719. The van der Waals surface area contributed by atoms with Gasteiger partial charge in [0.15, 0.2) is 0 Å². The van der Waals surface area contributed by atoms with Crippen LogP contribution in [0.5, 0.6) is 17.4 Å². The van der Waals surface area contributed by atoms with Gasteiger partial charge in [-0.05, 0) is 35.9 Å². The van der Waals surface area contributed by atoms with Crippen molar-refractivity contribution in [1.29, 1.82) is 0 Å². The Bertz CT molecular complexity index is 868. The number of aromatic nitrogens is 1. The van der Waals surface area contributed by atoms with Gasteiger partial charge in [0, 0.05) is 6.20 Å². The fourth-order valence-corrected chi connectivity index (χ4v) is 2.30. The second-order valence-electron chi connectivity index (χ2n) is 5.22. The molecule has 2 aromatic carbocycles. The molecule has 0 aliphatic carbocycles. The van der Waals surface area contributed by atoms with Gasteiger partial charge in [-0.3, -0.25) is 4.79 Å². The number of hydrogen-bond donors (Lipinski definition) is 1. The van der Waals surface area contributed by atoms with Gasteiger partial charge in [0.25, 0.3) is 0 Å². The van der Waals surface area contributed by atoms with Gasteiger partial charge in [0.05, 0.1) is 5.56 Å². The molecule has 0 spiro atoms. The molecule has 0 fully saturated rings. The summed E-state index contributed by atoms with van der Waals surface area (Å²) in [6, 6.07) is 18.4. The van der Waals surface area contributed by atoms with Crippen molar-refractivity contribution in [3.05, 3.63) is 83.0 Å². The highest BCUT2D eigenvalue weighted by Gasteiger charge is 2.09. The minimum atomic E-state index is -0.596. The number of ether oxygens (including phenoxy) is 2. The van der Waals surface area contributed by atoms with Crippen LogP contribution in [0.2, 0.25) is 5.02 Å². The van der Waals surface area contributed by atoms with Gasteiger partial charge in [-0.15, -0.1) is 0 Å². The molecule has 1 heterocycles. The Morgan fingerprint density at radius 2 is 1.72 bits per heavy atom. The first kappa shape index (κ1) is 16.8. The SMILES string of the molecule is NC(=O)c1cnc(Oc2ccc(OCc3ccccc3)cc2)c(Cl)c1. The third kappa shape index (κ3) is 4.49. The lowest BCUT2D eigenvalue weighted by molar-refractivity contribution is 0.1000. The lowest BCUT2D eigenvalue weighted by Gasteiger charge is -2.09. The second kappa shape index (κ2) is 7.68. The van der Waals surface area contributed by atoms with E-state index < -0.39 is 5.91 Å². The summed E-state index contributed by atoms with van der Waals surface area (Å²) < 4.78 is 11.3. The van der Waals surface area contributed by atoms with E-state index in [-0.39, 0.29) is 16.5 Å². The van der Waals surface area contributed by atoms with Crippen LogP contribution in [-0.2, 0) is 6.61 Å². The van der Waals surface area contributed by atoms with E-state index in [1.54, 1.807) is 24.3 Å². The van der Waals surface area contributed by atoms with Crippen LogP contribution in [0.4, 0.5) is 0 Å². The Balaban J connectivity index is 1.63. The molecular weight excluding hydrogens is 340 g/mol. The number of rotatable bonds is 6. The predicted octanol–water partition coefficient (Wildman–Crippen LogP) is 4.21. The van der Waals surface area contributed by atoms with Gasteiger partial charge in [-0.2, -0.15) is 0 Å². The first-order valence-electron chi connectivity index (χ1n) is 7.52. The molecular formula is C19H15ClN2O3. The van der Waals surface area contributed by atoms with Crippen molar-refractivity contribution in [2.75, 3.05) is 0 Å². The molecule has 5 nitrogen and oxygen atoms in total. The minimum absolute atomic E-state index is 0.199. The van der Waals surface area contributed by atoms with Crippen molar-refractivity contribution in [1.82, 2.24) is 4.98 Å². The van der Waals surface area contributed by atoms with Crippen LogP contribution >= 0.6 is 11.6 Å². The molecule has 3 aromatic rings. The van der Waals surface area contributed by atoms with Gasteiger partial charge in [-0.1, -0.05) is 41.9 Å². The van der Waals surface area contributed by atoms with Crippen molar-refractivity contribution in [2.24, 2.45) is 5.73 Å². The monoisotopic (exact) mass is 354 g/mol. The summed E-state index contributed by atoms with van der Waals surface area (Å²) in [7, 11) is 0. The van der Waals surface area contributed by atoms with E-state index in [1.807, 2.05) is 30.3 Å². The number of carbonyl (C=O) groups is 1. The number of pyridine rings is 1. The number of benzene rings is 2. The van der Waals surface area contributed by atoms with Crippen LogP contribution in [0, 0.1) is 0 Å². The Kier molecular flexibility index (Phi) is 5.16. The third-order valence-corrected chi connectivity index (χ3v) is 3.65. The van der Waals surface area contributed by atoms with Crippen LogP contribution in [0.1, 0.15) is 15.9 Å². The van der Waals surface area contributed by atoms with Gasteiger partial charge in [0.2, 0.25) is 11.8 Å². The van der Waals surface area contributed by atoms with Crippen LogP contribution < -0.4 is 15.2 Å². The highest BCUT2D eigenvalue weighted by molar-refractivity contribution is 6.32. The van der Waals surface area contributed by atoms with E-state index in [4.69, 9.17) is 26.8 Å². The maximum absolute atomic E-state index is 11.1. The maximum Gasteiger partial charge on any atom is 0.250 e. The maximum atomic E-state index is 11.1. The molecule has 2 N–H and O–H groups in total. The smallest absolute Gasteiger partial charge is 0.250 e. The van der Waals surface area contributed by atoms with Crippen LogP contribution in [0.25, 0.3) is 0 Å². The molecule has 25 heavy (non-hydrogen) atoms. The molecule has 3 rings (SSSR count). The highest BCUT2D eigenvalue weighted by atomic mass is 35.5. The Hall–Kier alpha value is -3.05. The zero-order chi connectivity index (χ0) is 17.6. The molecule has 0 aliphatic rings. The fourth-order valence-electron chi connectivity index (χ4n) is 2.09. The second-order valence-corrected chi connectivity index (χ2v) is 5.63. The van der Waals surface area contributed by atoms with E-state index in [0.717, 1.165) is 11.3 Å². The van der Waals surface area contributed by atoms with Crippen LogP contribution in [0.3, 0.4) is 0 Å². The van der Waals surface area contributed by atoms with Crippen molar-refractivity contribution in [3.8, 4) is 17.4 Å². The molecule has 0 unspecified atom stereocenters. The average Bonchev–Trinajstić information content (AvgIpc) is 2.63. The number of hydrogen-bond acceptors (Lipinski definition) is 4. The summed E-state index contributed by atoms with van der Waals surface area (Å²) >= 11 is 6.05. The third-order valence-electron chi connectivity index (χ3n) is 3.38. The van der Waals surface area contributed by atoms with E-state index >= 15 is 0 Å². The summed E-state index contributed by atoms with van der Waals surface area (Å²) in [5, 5.41) is 0.209. The van der Waals surface area contributed by atoms with Crippen LogP contribution in [-0.4, -0.2) is 10.9 Å². The van der Waals surface area contributed by atoms with Gasteiger partial charge in [0.1, 0.15) is 23.1 Å². The standard InChI is InChI=1S/C19H15ClN2O3/c20-17-10-14(18(21)23)11-22-19(17)25-16-8-6-15(7-9-16)24-12-13-4-2-1-3-5-13/h1-11H,12H2,(H2,21,23). The molecule has 0 saturated carbocycles. The minimum Gasteiger partial charge on any atom is -0.489 e. The largest absolute Gasteiger partial charge is 0.489 e. The number of nitrogens with two attached hydrogens (primary N) is 1. The van der Waals surface area contributed by atoms with E-state index in [9.17, 15) is 4.79 Å². The van der Waals surface area contributed by atoms with E-state index in [0.29, 0.717) is 12.4 Å². The van der Waals surface area contributed by atoms with E-state index in [1.165, 1.54) is 12.3 Å². The molecule has 6 heteroatoms. The summed E-state index contributed by atoms with van der Waals surface area (Å²) in [4.78, 5) is 15.1. The lowest BCUT2D eigenvalue weighted by atomic mass is 10.2. The molecule has 0 bridgehead atoms. The van der Waals surface area contributed by atoms with Crippen molar-refractivity contribution in [3.63, 3.8) is 0 Å². The van der Waals surface area contributed by atoms with Gasteiger partial charge >= 0.3 is 0 Å². The Labute approximate surface area is 150 Å². The molecule has 0 aliphatic heterocycles. The number of nitrogens with zero attached hydrogens (tertiary/aromatic N) is 1. The first-order chi connectivity index (χ1) is 12.1. The van der Waals surface area contributed by atoms with Crippen LogP contribution in [0.15, 0.2) is 66.9 Å². The normalized spacial score (nSPS) is 10.3. The zero-order valence-electron chi connectivity index (χ0n) is 13.2. The topological polar surface area (TPSA) is 74.4 Å².